The van der Waals surface area contributed by atoms with Crippen LogP contribution in [0.3, 0.4) is 0 Å². The van der Waals surface area contributed by atoms with Gasteiger partial charge in [0.1, 0.15) is 11.8 Å². The quantitative estimate of drug-likeness (QED) is 0.427. The number of pyridine rings is 1. The molecule has 1 aromatic carbocycles. The van der Waals surface area contributed by atoms with Crippen LogP contribution in [0.2, 0.25) is 0 Å². The number of methoxy groups -OCH3 is 1. The molecule has 1 amide bonds. The first-order valence-electron chi connectivity index (χ1n) is 7.96. The van der Waals surface area contributed by atoms with Gasteiger partial charge in [-0.3, -0.25) is 15.0 Å². The summed E-state index contributed by atoms with van der Waals surface area (Å²) in [5.74, 6) is 0.353. The van der Waals surface area contributed by atoms with Crippen molar-refractivity contribution in [2.24, 2.45) is 5.92 Å². The van der Waals surface area contributed by atoms with E-state index in [-0.39, 0.29) is 5.92 Å². The highest BCUT2D eigenvalue weighted by Crippen LogP contribution is 2.30. The van der Waals surface area contributed by atoms with Crippen molar-refractivity contribution in [3.63, 3.8) is 0 Å². The number of carbonyl (C=O) groups is 1. The number of rotatable bonds is 8. The lowest BCUT2D eigenvalue weighted by atomic mass is 10.0. The van der Waals surface area contributed by atoms with Crippen molar-refractivity contribution in [3.05, 3.63) is 54.4 Å². The van der Waals surface area contributed by atoms with E-state index in [9.17, 15) is 4.79 Å². The van der Waals surface area contributed by atoms with Gasteiger partial charge in [-0.15, -0.1) is 0 Å². The number of ether oxygens (including phenoxy) is 1. The second kappa shape index (κ2) is 9.41. The van der Waals surface area contributed by atoms with Gasteiger partial charge in [0.15, 0.2) is 0 Å². The lowest BCUT2D eigenvalue weighted by Gasteiger charge is -2.31. The Kier molecular flexibility index (Phi) is 7.24. The highest BCUT2D eigenvalue weighted by molar-refractivity contribution is 7.97. The molecule has 0 aliphatic rings. The van der Waals surface area contributed by atoms with E-state index in [0.717, 1.165) is 16.2 Å². The molecule has 7 heteroatoms. The first-order chi connectivity index (χ1) is 12.0. The molecule has 0 bridgehead atoms. The highest BCUT2D eigenvalue weighted by atomic mass is 32.2. The van der Waals surface area contributed by atoms with E-state index in [0.29, 0.717) is 6.54 Å². The molecule has 6 nitrogen and oxygen atoms in total. The molecular weight excluding hydrogens is 338 g/mol. The van der Waals surface area contributed by atoms with E-state index in [1.54, 1.807) is 25.0 Å². The normalized spacial score (nSPS) is 12.2. The number of benzene rings is 1. The van der Waals surface area contributed by atoms with Crippen LogP contribution in [0, 0.1) is 5.92 Å². The lowest BCUT2D eigenvalue weighted by molar-refractivity contribution is -0.134. The van der Waals surface area contributed by atoms with Gasteiger partial charge < -0.3 is 4.74 Å². The fourth-order valence-corrected chi connectivity index (χ4v) is 3.66. The molecule has 1 heterocycles. The van der Waals surface area contributed by atoms with Gasteiger partial charge >= 0.3 is 0 Å². The third-order valence-corrected chi connectivity index (χ3v) is 4.74. The van der Waals surface area contributed by atoms with Crippen LogP contribution < -0.4 is 10.2 Å². The molecule has 134 valence electrons. The van der Waals surface area contributed by atoms with Crippen LogP contribution >= 0.6 is 11.9 Å². The molecule has 2 aromatic rings. The molecule has 0 saturated carbocycles. The lowest BCUT2D eigenvalue weighted by Crippen LogP contribution is -2.45. The Balaban J connectivity index is 2.27. The number of hydrogen-bond acceptors (Lipinski definition) is 6. The van der Waals surface area contributed by atoms with Crippen molar-refractivity contribution in [2.75, 3.05) is 7.11 Å². The molecule has 0 fully saturated rings. The van der Waals surface area contributed by atoms with E-state index < -0.39 is 11.9 Å². The fraction of sp³-hybridized carbons (Fsp3) is 0.333. The molecule has 0 radical (unpaired) electrons. The zero-order chi connectivity index (χ0) is 18.2. The van der Waals surface area contributed by atoms with Gasteiger partial charge in [-0.25, -0.2) is 9.79 Å². The van der Waals surface area contributed by atoms with Crippen LogP contribution in [0.5, 0.6) is 5.75 Å². The second-order valence-electron chi connectivity index (χ2n) is 5.87. The molecule has 25 heavy (non-hydrogen) atoms. The van der Waals surface area contributed by atoms with E-state index in [4.69, 9.17) is 9.94 Å². The van der Waals surface area contributed by atoms with Gasteiger partial charge in [0.05, 0.1) is 7.11 Å². The van der Waals surface area contributed by atoms with Crippen molar-refractivity contribution in [2.45, 2.75) is 31.3 Å². The highest BCUT2D eigenvalue weighted by Gasteiger charge is 2.30. The number of aromatic nitrogens is 1. The van der Waals surface area contributed by atoms with Crippen LogP contribution in [0.15, 0.2) is 53.7 Å². The largest absolute Gasteiger partial charge is 0.497 e. The van der Waals surface area contributed by atoms with Crippen molar-refractivity contribution in [1.82, 2.24) is 14.8 Å². The minimum atomic E-state index is -0.502. The number of amides is 1. The molecule has 0 saturated heterocycles. The Hall–Kier alpha value is -2.09. The summed E-state index contributed by atoms with van der Waals surface area (Å²) in [5.41, 5.74) is 2.77. The Morgan fingerprint density at radius 3 is 2.56 bits per heavy atom. The van der Waals surface area contributed by atoms with Crippen molar-refractivity contribution in [1.29, 1.82) is 0 Å². The standard InChI is InChI=1S/C18H23N3O3S/c1-13(2)17(18(22)20-23)21(12-14-5-4-10-19-11-14)25-16-8-6-15(24-3)7-9-16/h4-11,13,17,23H,12H2,1-3H3,(H,20,22). The summed E-state index contributed by atoms with van der Waals surface area (Å²) < 4.78 is 7.14. The Labute approximate surface area is 152 Å². The molecule has 0 spiro atoms. The summed E-state index contributed by atoms with van der Waals surface area (Å²) in [5, 5.41) is 9.14. The molecule has 2 rings (SSSR count). The van der Waals surface area contributed by atoms with Gasteiger partial charge in [-0.1, -0.05) is 19.9 Å². The van der Waals surface area contributed by atoms with E-state index in [1.165, 1.54) is 11.9 Å². The number of nitrogens with zero attached hydrogens (tertiary/aromatic N) is 2. The zero-order valence-corrected chi connectivity index (χ0v) is 15.4. The molecule has 2 N–H and O–H groups in total. The summed E-state index contributed by atoms with van der Waals surface area (Å²) in [6.45, 7) is 4.41. The van der Waals surface area contributed by atoms with Gasteiger partial charge in [-0.05, 0) is 53.8 Å². The van der Waals surface area contributed by atoms with Crippen LogP contribution in [-0.2, 0) is 11.3 Å². The first-order valence-corrected chi connectivity index (χ1v) is 8.74. The number of carbonyl (C=O) groups excluding carboxylic acids is 1. The van der Waals surface area contributed by atoms with Gasteiger partial charge in [0, 0.05) is 23.8 Å². The molecule has 0 aliphatic heterocycles. The Morgan fingerprint density at radius 1 is 1.32 bits per heavy atom. The van der Waals surface area contributed by atoms with Gasteiger partial charge in [-0.2, -0.15) is 0 Å². The minimum Gasteiger partial charge on any atom is -0.497 e. The van der Waals surface area contributed by atoms with E-state index in [2.05, 4.69) is 4.98 Å². The monoisotopic (exact) mass is 361 g/mol. The van der Waals surface area contributed by atoms with E-state index in [1.807, 2.05) is 54.6 Å². The van der Waals surface area contributed by atoms with Crippen molar-refractivity contribution in [3.8, 4) is 5.75 Å². The maximum Gasteiger partial charge on any atom is 0.261 e. The summed E-state index contributed by atoms with van der Waals surface area (Å²) in [6.07, 6.45) is 3.49. The molecule has 1 atom stereocenters. The van der Waals surface area contributed by atoms with Gasteiger partial charge in [0.2, 0.25) is 0 Å². The SMILES string of the molecule is COc1ccc(SN(Cc2cccnc2)C(C(=O)NO)C(C)C)cc1. The third-order valence-electron chi connectivity index (χ3n) is 3.66. The van der Waals surface area contributed by atoms with Crippen LogP contribution in [0.4, 0.5) is 0 Å². The summed E-state index contributed by atoms with van der Waals surface area (Å²) >= 11 is 1.46. The second-order valence-corrected chi connectivity index (χ2v) is 6.99. The Bertz CT molecular complexity index is 665. The van der Waals surface area contributed by atoms with E-state index >= 15 is 0 Å². The molecule has 1 unspecified atom stereocenters. The summed E-state index contributed by atoms with van der Waals surface area (Å²) in [7, 11) is 1.62. The minimum absolute atomic E-state index is 0.00886. The molecule has 0 aliphatic carbocycles. The maximum atomic E-state index is 12.2. The topological polar surface area (TPSA) is 74.7 Å². The maximum absolute atomic E-state index is 12.2. The summed E-state index contributed by atoms with van der Waals surface area (Å²) in [4.78, 5) is 17.3. The number of nitrogens with one attached hydrogen (secondary N) is 1. The summed E-state index contributed by atoms with van der Waals surface area (Å²) in [6, 6.07) is 11.0. The smallest absolute Gasteiger partial charge is 0.261 e. The van der Waals surface area contributed by atoms with Crippen molar-refractivity contribution >= 4 is 17.9 Å². The van der Waals surface area contributed by atoms with Gasteiger partial charge in [0.25, 0.3) is 5.91 Å². The number of hydrogen-bond donors (Lipinski definition) is 2. The first kappa shape index (κ1) is 19.2. The van der Waals surface area contributed by atoms with Crippen LogP contribution in [0.25, 0.3) is 0 Å². The Morgan fingerprint density at radius 2 is 2.04 bits per heavy atom. The third kappa shape index (κ3) is 5.45. The predicted molar refractivity (Wildman–Crippen MR) is 97.2 cm³/mol. The average Bonchev–Trinajstić information content (AvgIpc) is 2.62. The molecular formula is C18H23N3O3S. The average molecular weight is 361 g/mol. The number of hydroxylamine groups is 1. The fourth-order valence-electron chi connectivity index (χ4n) is 2.46. The van der Waals surface area contributed by atoms with Crippen molar-refractivity contribution < 1.29 is 14.7 Å². The van der Waals surface area contributed by atoms with Crippen LogP contribution in [0.1, 0.15) is 19.4 Å². The zero-order valence-electron chi connectivity index (χ0n) is 14.5. The van der Waals surface area contributed by atoms with Crippen LogP contribution in [-0.4, -0.2) is 33.6 Å². The predicted octanol–water partition coefficient (Wildman–Crippen LogP) is 3.13. The molecule has 1 aromatic heterocycles.